The van der Waals surface area contributed by atoms with E-state index in [4.69, 9.17) is 0 Å². The molecule has 0 atom stereocenters. The highest BCUT2D eigenvalue weighted by molar-refractivity contribution is 6.04. The molecule has 0 amide bonds. The maximum atomic E-state index is 10.7. The minimum absolute atomic E-state index is 0.461. The minimum Gasteiger partial charge on any atom is -0.348 e. The summed E-state index contributed by atoms with van der Waals surface area (Å²) in [5.74, 6) is 0. The summed E-state index contributed by atoms with van der Waals surface area (Å²) in [5, 5.41) is 7.30. The summed E-state index contributed by atoms with van der Waals surface area (Å²) in [6, 6.07) is 7.52. The van der Waals surface area contributed by atoms with Gasteiger partial charge in [-0.1, -0.05) is 6.07 Å². The Morgan fingerprint density at radius 2 is 2.21 bits per heavy atom. The van der Waals surface area contributed by atoms with Crippen LogP contribution in [0.5, 0.6) is 0 Å². The van der Waals surface area contributed by atoms with Gasteiger partial charge in [-0.2, -0.15) is 5.10 Å². The van der Waals surface area contributed by atoms with E-state index in [0.29, 0.717) is 5.69 Å². The number of nitrogens with zero attached hydrogens (tertiary/aromatic N) is 4. The second-order valence-electron chi connectivity index (χ2n) is 4.70. The lowest BCUT2D eigenvalue weighted by molar-refractivity contribution is 0.544. The quantitative estimate of drug-likeness (QED) is 0.606. The Hall–Kier alpha value is -1.95. The first-order valence-corrected chi connectivity index (χ1v) is 6.29. The van der Waals surface area contributed by atoms with Crippen molar-refractivity contribution in [3.8, 4) is 11.3 Å². The van der Waals surface area contributed by atoms with Gasteiger partial charge >= 0.3 is 0 Å². The van der Waals surface area contributed by atoms with E-state index in [2.05, 4.69) is 22.0 Å². The zero-order chi connectivity index (χ0) is 13.8. The zero-order valence-electron chi connectivity index (χ0n) is 11.5. The Morgan fingerprint density at radius 1 is 1.42 bits per heavy atom. The van der Waals surface area contributed by atoms with Gasteiger partial charge in [-0.25, -0.2) is 0 Å². The number of hydrogen-bond acceptors (Lipinski definition) is 4. The van der Waals surface area contributed by atoms with E-state index in [1.165, 1.54) is 0 Å². The number of nitroso groups, excluding NO2 is 1. The highest BCUT2D eigenvalue weighted by Gasteiger charge is 2.11. The summed E-state index contributed by atoms with van der Waals surface area (Å²) in [6.07, 6.45) is 1.80. The summed E-state index contributed by atoms with van der Waals surface area (Å²) in [4.78, 5) is 12.8. The molecule has 0 bridgehead atoms. The molecule has 0 N–H and O–H groups in total. The van der Waals surface area contributed by atoms with Gasteiger partial charge in [0.1, 0.15) is 5.69 Å². The fraction of sp³-hybridized carbons (Fsp3) is 0.308. The normalized spacial score (nSPS) is 10.9. The van der Waals surface area contributed by atoms with Crippen molar-refractivity contribution in [1.82, 2.24) is 14.6 Å². The zero-order valence-corrected chi connectivity index (χ0v) is 11.5. The van der Waals surface area contributed by atoms with E-state index in [0.717, 1.165) is 29.9 Å². The first-order chi connectivity index (χ1) is 9.15. The van der Waals surface area contributed by atoms with Crippen molar-refractivity contribution < 1.29 is 0 Å². The van der Waals surface area contributed by atoms with Crippen molar-refractivity contribution in [2.24, 2.45) is 5.18 Å². The summed E-state index contributed by atoms with van der Waals surface area (Å²) >= 11 is 0. The maximum absolute atomic E-state index is 10.7. The molecule has 0 fully saturated rings. The third-order valence-electron chi connectivity index (χ3n) is 2.97. The predicted octanol–water partition coefficient (Wildman–Crippen LogP) is 1.95. The van der Waals surface area contributed by atoms with E-state index in [1.807, 2.05) is 37.9 Å². The molecular weight excluding hydrogens is 239 g/mol. The molecule has 0 aliphatic heterocycles. The van der Waals surface area contributed by atoms with E-state index in [-0.39, 0.29) is 0 Å². The number of benzene rings is 1. The molecule has 0 unspecified atom stereocenters. The molecular formula is C13H17BN4O. The minimum atomic E-state index is 0.461. The van der Waals surface area contributed by atoms with Gasteiger partial charge in [0.25, 0.3) is 0 Å². The molecule has 1 aromatic carbocycles. The molecule has 2 rings (SSSR count). The van der Waals surface area contributed by atoms with Crippen LogP contribution in [0.4, 0.5) is 5.69 Å². The Balaban J connectivity index is 2.52. The highest BCUT2D eigenvalue weighted by atomic mass is 16.3. The molecule has 0 aliphatic rings. The third-order valence-corrected chi connectivity index (χ3v) is 2.97. The Kier molecular flexibility index (Phi) is 4.11. The Bertz CT molecular complexity index is 580. The third kappa shape index (κ3) is 2.90. The van der Waals surface area contributed by atoms with Crippen LogP contribution < -0.4 is 0 Å². The van der Waals surface area contributed by atoms with Crippen LogP contribution in [-0.4, -0.2) is 29.6 Å². The van der Waals surface area contributed by atoms with Gasteiger partial charge < -0.3 is 4.81 Å². The molecule has 19 heavy (non-hydrogen) atoms. The first kappa shape index (κ1) is 13.5. The first-order valence-electron chi connectivity index (χ1n) is 6.29. The summed E-state index contributed by atoms with van der Waals surface area (Å²) in [6.45, 7) is 3.63. The van der Waals surface area contributed by atoms with Crippen molar-refractivity contribution in [1.29, 1.82) is 0 Å². The van der Waals surface area contributed by atoms with Crippen molar-refractivity contribution in [2.75, 3.05) is 7.05 Å². The van der Waals surface area contributed by atoms with Crippen LogP contribution in [0.2, 0.25) is 0 Å². The number of aromatic nitrogens is 2. The van der Waals surface area contributed by atoms with Crippen molar-refractivity contribution in [3.63, 3.8) is 0 Å². The summed E-state index contributed by atoms with van der Waals surface area (Å²) < 4.78 is 1.95. The molecule has 0 radical (unpaired) electrons. The largest absolute Gasteiger partial charge is 0.348 e. The van der Waals surface area contributed by atoms with Gasteiger partial charge in [0.2, 0.25) is 0 Å². The van der Waals surface area contributed by atoms with Crippen LogP contribution in [0.25, 0.3) is 11.3 Å². The molecule has 0 aliphatic carbocycles. The van der Waals surface area contributed by atoms with Gasteiger partial charge in [-0.15, -0.1) is 4.91 Å². The molecule has 98 valence electrons. The van der Waals surface area contributed by atoms with Crippen LogP contribution in [0.3, 0.4) is 0 Å². The van der Waals surface area contributed by atoms with Gasteiger partial charge in [0, 0.05) is 24.8 Å². The SMILES string of the molecule is BN(C)Cc1cc(N=O)ccc1-c1ccnn1CC. The molecule has 1 heterocycles. The average molecular weight is 256 g/mol. The summed E-state index contributed by atoms with van der Waals surface area (Å²) in [5.41, 5.74) is 3.71. The fourth-order valence-corrected chi connectivity index (χ4v) is 2.17. The van der Waals surface area contributed by atoms with Gasteiger partial charge in [-0.3, -0.25) is 4.68 Å². The molecule has 6 heteroatoms. The standard InChI is InChI=1S/C13H17BN4O/c1-3-18-13(6-7-15-18)12-5-4-11(16-19)8-10(12)9-17(2)14/h4-8H,3,9,14H2,1-2H3. The second kappa shape index (κ2) is 5.80. The van der Waals surface area contributed by atoms with Gasteiger partial charge in [-0.05, 0) is 42.9 Å². The Morgan fingerprint density at radius 3 is 2.84 bits per heavy atom. The smallest absolute Gasteiger partial charge is 0.185 e. The number of rotatable bonds is 5. The fourth-order valence-electron chi connectivity index (χ4n) is 2.17. The number of hydrogen-bond donors (Lipinski definition) is 0. The average Bonchev–Trinajstić information content (AvgIpc) is 2.86. The van der Waals surface area contributed by atoms with Crippen molar-refractivity contribution in [2.45, 2.75) is 20.0 Å². The van der Waals surface area contributed by atoms with E-state index in [9.17, 15) is 4.91 Å². The lowest BCUT2D eigenvalue weighted by Gasteiger charge is -2.15. The van der Waals surface area contributed by atoms with Gasteiger partial charge in [0.05, 0.1) is 5.69 Å². The van der Waals surface area contributed by atoms with Crippen LogP contribution in [0.1, 0.15) is 12.5 Å². The van der Waals surface area contributed by atoms with E-state index >= 15 is 0 Å². The lowest BCUT2D eigenvalue weighted by Crippen LogP contribution is -2.14. The second-order valence-corrected chi connectivity index (χ2v) is 4.70. The molecule has 0 spiro atoms. The highest BCUT2D eigenvalue weighted by Crippen LogP contribution is 2.28. The molecule has 0 saturated carbocycles. The maximum Gasteiger partial charge on any atom is 0.185 e. The molecule has 5 nitrogen and oxygen atoms in total. The molecule has 1 aromatic heterocycles. The van der Waals surface area contributed by atoms with Crippen molar-refractivity contribution >= 4 is 13.7 Å². The van der Waals surface area contributed by atoms with Crippen LogP contribution >= 0.6 is 0 Å². The lowest BCUT2D eigenvalue weighted by atomic mass is 10.0. The summed E-state index contributed by atoms with van der Waals surface area (Å²) in [7, 11) is 4.00. The monoisotopic (exact) mass is 256 g/mol. The van der Waals surface area contributed by atoms with Crippen LogP contribution in [0, 0.1) is 4.91 Å². The molecule has 0 saturated heterocycles. The van der Waals surface area contributed by atoms with Crippen molar-refractivity contribution in [3.05, 3.63) is 40.9 Å². The predicted molar refractivity (Wildman–Crippen MR) is 78.8 cm³/mol. The van der Waals surface area contributed by atoms with E-state index < -0.39 is 0 Å². The van der Waals surface area contributed by atoms with E-state index in [1.54, 1.807) is 12.3 Å². The van der Waals surface area contributed by atoms with Crippen LogP contribution in [-0.2, 0) is 13.1 Å². The number of aryl methyl sites for hydroxylation is 1. The topological polar surface area (TPSA) is 50.5 Å². The van der Waals surface area contributed by atoms with Gasteiger partial charge in [0.15, 0.2) is 7.98 Å². The van der Waals surface area contributed by atoms with Crippen LogP contribution in [0.15, 0.2) is 35.6 Å². The Labute approximate surface area is 113 Å². The molecule has 2 aromatic rings.